The standard InChI is InChI=1S/C23H23N3O2/c24-16-19-6-8-20(9-7-19)17-25-23(28)21-12-14-26(15-13-21)22(27)11-10-18-4-2-1-3-5-18/h1-11,21H,12-15,17H2,(H,25,28)/b11-10+. The Morgan fingerprint density at radius 3 is 2.39 bits per heavy atom. The number of nitrogens with one attached hydrogen (secondary N) is 1. The Bertz CT molecular complexity index is 874. The van der Waals surface area contributed by atoms with E-state index < -0.39 is 0 Å². The van der Waals surface area contributed by atoms with Gasteiger partial charge in [0.1, 0.15) is 0 Å². The van der Waals surface area contributed by atoms with Crippen molar-refractivity contribution < 1.29 is 9.59 Å². The van der Waals surface area contributed by atoms with E-state index in [4.69, 9.17) is 5.26 Å². The molecule has 2 aromatic rings. The van der Waals surface area contributed by atoms with E-state index in [1.165, 1.54) is 0 Å². The average Bonchev–Trinajstić information content (AvgIpc) is 2.77. The number of amides is 2. The van der Waals surface area contributed by atoms with E-state index in [1.54, 1.807) is 23.1 Å². The SMILES string of the molecule is N#Cc1ccc(CNC(=O)C2CCN(C(=O)/C=C/c3ccccc3)CC2)cc1. The van der Waals surface area contributed by atoms with Crippen LogP contribution in [-0.4, -0.2) is 29.8 Å². The molecular weight excluding hydrogens is 350 g/mol. The number of rotatable bonds is 5. The fourth-order valence-electron chi connectivity index (χ4n) is 3.23. The van der Waals surface area contributed by atoms with Crippen LogP contribution in [0.25, 0.3) is 6.08 Å². The first-order valence-corrected chi connectivity index (χ1v) is 9.44. The molecule has 2 aromatic carbocycles. The molecule has 3 rings (SSSR count). The largest absolute Gasteiger partial charge is 0.352 e. The van der Waals surface area contributed by atoms with Gasteiger partial charge in [-0.15, -0.1) is 0 Å². The van der Waals surface area contributed by atoms with Crippen LogP contribution in [-0.2, 0) is 16.1 Å². The summed E-state index contributed by atoms with van der Waals surface area (Å²) in [4.78, 5) is 26.5. The number of hydrogen-bond donors (Lipinski definition) is 1. The molecule has 1 aliphatic rings. The number of carbonyl (C=O) groups is 2. The predicted molar refractivity (Wildman–Crippen MR) is 108 cm³/mol. The summed E-state index contributed by atoms with van der Waals surface area (Å²) in [6, 6.07) is 19.0. The van der Waals surface area contributed by atoms with Crippen LogP contribution in [0.5, 0.6) is 0 Å². The molecule has 1 heterocycles. The molecule has 0 atom stereocenters. The molecule has 5 nitrogen and oxygen atoms in total. The van der Waals surface area contributed by atoms with Gasteiger partial charge in [-0.25, -0.2) is 0 Å². The Kier molecular flexibility index (Phi) is 6.59. The van der Waals surface area contributed by atoms with E-state index in [1.807, 2.05) is 48.5 Å². The Hall–Kier alpha value is -3.39. The lowest BCUT2D eigenvalue weighted by Gasteiger charge is -2.30. The molecule has 0 saturated carbocycles. The summed E-state index contributed by atoms with van der Waals surface area (Å²) in [6.07, 6.45) is 4.76. The number of nitriles is 1. The minimum Gasteiger partial charge on any atom is -0.352 e. The predicted octanol–water partition coefficient (Wildman–Crippen LogP) is 3.13. The Labute approximate surface area is 165 Å². The lowest BCUT2D eigenvalue weighted by Crippen LogP contribution is -2.42. The maximum atomic E-state index is 12.4. The number of hydrogen-bond acceptors (Lipinski definition) is 3. The van der Waals surface area contributed by atoms with E-state index in [0.29, 0.717) is 38.0 Å². The van der Waals surface area contributed by atoms with Crippen LogP contribution in [0, 0.1) is 17.2 Å². The van der Waals surface area contributed by atoms with E-state index in [0.717, 1.165) is 11.1 Å². The lowest BCUT2D eigenvalue weighted by molar-refractivity contribution is -0.132. The fraction of sp³-hybridized carbons (Fsp3) is 0.261. The Balaban J connectivity index is 1.43. The van der Waals surface area contributed by atoms with Crippen molar-refractivity contribution in [2.45, 2.75) is 19.4 Å². The molecule has 0 spiro atoms. The average molecular weight is 373 g/mol. The molecule has 5 heteroatoms. The van der Waals surface area contributed by atoms with Gasteiger partial charge in [0.05, 0.1) is 11.6 Å². The van der Waals surface area contributed by atoms with Gasteiger partial charge in [0, 0.05) is 31.6 Å². The van der Waals surface area contributed by atoms with Gasteiger partial charge in [-0.05, 0) is 42.2 Å². The van der Waals surface area contributed by atoms with Crippen molar-refractivity contribution in [3.8, 4) is 6.07 Å². The number of benzene rings is 2. The molecule has 0 aromatic heterocycles. The second-order valence-electron chi connectivity index (χ2n) is 6.87. The normalized spacial score (nSPS) is 14.6. The molecule has 0 bridgehead atoms. The summed E-state index contributed by atoms with van der Waals surface area (Å²) >= 11 is 0. The number of piperidine rings is 1. The maximum Gasteiger partial charge on any atom is 0.246 e. The minimum absolute atomic E-state index is 0.0136. The highest BCUT2D eigenvalue weighted by molar-refractivity contribution is 5.92. The Morgan fingerprint density at radius 1 is 1.07 bits per heavy atom. The molecule has 0 unspecified atom stereocenters. The van der Waals surface area contributed by atoms with E-state index in [2.05, 4.69) is 11.4 Å². The monoisotopic (exact) mass is 373 g/mol. The van der Waals surface area contributed by atoms with Crippen molar-refractivity contribution >= 4 is 17.9 Å². The van der Waals surface area contributed by atoms with Crippen LogP contribution in [0.15, 0.2) is 60.7 Å². The molecule has 1 fully saturated rings. The van der Waals surface area contributed by atoms with E-state index in [9.17, 15) is 9.59 Å². The van der Waals surface area contributed by atoms with Gasteiger partial charge < -0.3 is 10.2 Å². The number of carbonyl (C=O) groups excluding carboxylic acids is 2. The topological polar surface area (TPSA) is 73.2 Å². The highest BCUT2D eigenvalue weighted by atomic mass is 16.2. The van der Waals surface area contributed by atoms with Gasteiger partial charge in [0.2, 0.25) is 11.8 Å². The molecule has 2 amide bonds. The summed E-state index contributed by atoms with van der Waals surface area (Å²) in [5.41, 5.74) is 2.56. The fourth-order valence-corrected chi connectivity index (χ4v) is 3.23. The third-order valence-electron chi connectivity index (χ3n) is 4.95. The second kappa shape index (κ2) is 9.52. The zero-order valence-corrected chi connectivity index (χ0v) is 15.7. The van der Waals surface area contributed by atoms with Crippen molar-refractivity contribution in [1.29, 1.82) is 5.26 Å². The number of likely N-dealkylation sites (tertiary alicyclic amines) is 1. The molecule has 0 radical (unpaired) electrons. The van der Waals surface area contributed by atoms with Crippen molar-refractivity contribution in [2.24, 2.45) is 5.92 Å². The van der Waals surface area contributed by atoms with Crippen molar-refractivity contribution in [2.75, 3.05) is 13.1 Å². The van der Waals surface area contributed by atoms with Crippen LogP contribution < -0.4 is 5.32 Å². The van der Waals surface area contributed by atoms with Crippen molar-refractivity contribution in [3.63, 3.8) is 0 Å². The second-order valence-corrected chi connectivity index (χ2v) is 6.87. The Morgan fingerprint density at radius 2 is 1.75 bits per heavy atom. The van der Waals surface area contributed by atoms with Crippen LogP contribution in [0.3, 0.4) is 0 Å². The first-order chi connectivity index (χ1) is 13.7. The molecule has 28 heavy (non-hydrogen) atoms. The minimum atomic E-state index is -0.0689. The highest BCUT2D eigenvalue weighted by Crippen LogP contribution is 2.18. The third kappa shape index (κ3) is 5.31. The van der Waals surface area contributed by atoms with Crippen LogP contribution in [0.1, 0.15) is 29.5 Å². The first kappa shape index (κ1) is 19.4. The summed E-state index contributed by atoms with van der Waals surface area (Å²) in [7, 11) is 0. The summed E-state index contributed by atoms with van der Waals surface area (Å²) in [5, 5.41) is 11.8. The molecule has 1 aliphatic heterocycles. The van der Waals surface area contributed by atoms with E-state index >= 15 is 0 Å². The number of nitrogens with zero attached hydrogens (tertiary/aromatic N) is 2. The van der Waals surface area contributed by atoms with Gasteiger partial charge in [0.15, 0.2) is 0 Å². The van der Waals surface area contributed by atoms with Gasteiger partial charge in [0.25, 0.3) is 0 Å². The van der Waals surface area contributed by atoms with Crippen molar-refractivity contribution in [1.82, 2.24) is 10.2 Å². The summed E-state index contributed by atoms with van der Waals surface area (Å²) < 4.78 is 0. The van der Waals surface area contributed by atoms with Gasteiger partial charge >= 0.3 is 0 Å². The molecule has 0 aliphatic carbocycles. The third-order valence-corrected chi connectivity index (χ3v) is 4.95. The van der Waals surface area contributed by atoms with Gasteiger partial charge in [-0.3, -0.25) is 9.59 Å². The van der Waals surface area contributed by atoms with Crippen molar-refractivity contribution in [3.05, 3.63) is 77.4 Å². The quantitative estimate of drug-likeness (QED) is 0.819. The zero-order valence-electron chi connectivity index (χ0n) is 15.7. The maximum absolute atomic E-state index is 12.4. The van der Waals surface area contributed by atoms with Gasteiger partial charge in [-0.1, -0.05) is 42.5 Å². The zero-order chi connectivity index (χ0) is 19.8. The smallest absolute Gasteiger partial charge is 0.246 e. The van der Waals surface area contributed by atoms with Crippen LogP contribution in [0.4, 0.5) is 0 Å². The summed E-state index contributed by atoms with van der Waals surface area (Å²) in [6.45, 7) is 1.63. The van der Waals surface area contributed by atoms with Crippen LogP contribution >= 0.6 is 0 Å². The van der Waals surface area contributed by atoms with Crippen LogP contribution in [0.2, 0.25) is 0 Å². The summed E-state index contributed by atoms with van der Waals surface area (Å²) in [5.74, 6) is -0.0582. The highest BCUT2D eigenvalue weighted by Gasteiger charge is 2.26. The van der Waals surface area contributed by atoms with Gasteiger partial charge in [-0.2, -0.15) is 5.26 Å². The molecule has 1 saturated heterocycles. The molecule has 1 N–H and O–H groups in total. The molecular formula is C23H23N3O2. The molecule has 142 valence electrons. The lowest BCUT2D eigenvalue weighted by atomic mass is 9.95. The first-order valence-electron chi connectivity index (χ1n) is 9.44. The van der Waals surface area contributed by atoms with E-state index in [-0.39, 0.29) is 17.7 Å².